The maximum absolute atomic E-state index is 13.1. The molecule has 2 heterocycles. The Bertz CT molecular complexity index is 755. The highest BCUT2D eigenvalue weighted by atomic mass is 35.5. The van der Waals surface area contributed by atoms with Crippen molar-refractivity contribution in [3.63, 3.8) is 0 Å². The summed E-state index contributed by atoms with van der Waals surface area (Å²) in [6, 6.07) is 3.94. The summed E-state index contributed by atoms with van der Waals surface area (Å²) in [6.45, 7) is 1.68. The third-order valence-corrected chi connectivity index (χ3v) is 3.89. The third kappa shape index (κ3) is 2.63. The van der Waals surface area contributed by atoms with Gasteiger partial charge in [-0.3, -0.25) is 14.2 Å². The molecule has 5 nitrogen and oxygen atoms in total. The minimum absolute atomic E-state index is 0.0181. The zero-order chi connectivity index (χ0) is 15.0. The van der Waals surface area contributed by atoms with E-state index in [4.69, 9.17) is 11.6 Å². The molecule has 3 rings (SSSR count). The van der Waals surface area contributed by atoms with Crippen LogP contribution < -0.4 is 5.56 Å². The van der Waals surface area contributed by atoms with Crippen molar-refractivity contribution in [3.05, 3.63) is 40.7 Å². The van der Waals surface area contributed by atoms with Crippen LogP contribution in [-0.4, -0.2) is 39.3 Å². The van der Waals surface area contributed by atoms with Gasteiger partial charge in [0.15, 0.2) is 0 Å². The normalized spacial score (nSPS) is 15.2. The lowest BCUT2D eigenvalue weighted by Gasteiger charge is -2.39. The molecule has 110 valence electrons. The molecule has 1 aliphatic heterocycles. The lowest BCUT2D eigenvalue weighted by Crippen LogP contribution is -2.52. The number of halogens is 2. The van der Waals surface area contributed by atoms with Gasteiger partial charge in [-0.25, -0.2) is 9.37 Å². The molecule has 1 aromatic carbocycles. The maximum atomic E-state index is 13.1. The Hall–Kier alpha value is -1.95. The molecule has 0 saturated carbocycles. The standard InChI is InChI=1S/C14H13ClFN3O2/c15-4-13(20)18-5-9(6-18)7-19-8-17-12-3-10(16)1-2-11(12)14(19)21/h1-3,8-9H,4-7H2. The van der Waals surface area contributed by atoms with Crippen molar-refractivity contribution in [1.29, 1.82) is 0 Å². The quantitative estimate of drug-likeness (QED) is 0.801. The fourth-order valence-electron chi connectivity index (χ4n) is 2.51. The maximum Gasteiger partial charge on any atom is 0.261 e. The number of carbonyl (C=O) groups excluding carboxylic acids is 1. The number of hydrogen-bond donors (Lipinski definition) is 0. The van der Waals surface area contributed by atoms with Gasteiger partial charge in [-0.1, -0.05) is 0 Å². The first-order valence-corrected chi connectivity index (χ1v) is 7.10. The first-order chi connectivity index (χ1) is 10.1. The largest absolute Gasteiger partial charge is 0.341 e. The fourth-order valence-corrected chi connectivity index (χ4v) is 2.68. The molecular weight excluding hydrogens is 297 g/mol. The number of rotatable bonds is 3. The molecule has 1 aliphatic rings. The highest BCUT2D eigenvalue weighted by Crippen LogP contribution is 2.18. The predicted octanol–water partition coefficient (Wildman–Crippen LogP) is 1.23. The van der Waals surface area contributed by atoms with E-state index >= 15 is 0 Å². The summed E-state index contributed by atoms with van der Waals surface area (Å²) in [5.74, 6) is -0.307. The summed E-state index contributed by atoms with van der Waals surface area (Å²) in [4.78, 5) is 29.4. The van der Waals surface area contributed by atoms with Crippen molar-refractivity contribution in [2.45, 2.75) is 6.54 Å². The minimum atomic E-state index is -0.415. The number of fused-ring (bicyclic) bond motifs is 1. The van der Waals surface area contributed by atoms with Gasteiger partial charge < -0.3 is 4.90 Å². The van der Waals surface area contributed by atoms with Gasteiger partial charge in [0.1, 0.15) is 11.7 Å². The number of amides is 1. The summed E-state index contributed by atoms with van der Waals surface area (Å²) in [5, 5.41) is 0.395. The van der Waals surface area contributed by atoms with Gasteiger partial charge in [0.2, 0.25) is 5.91 Å². The second kappa shape index (κ2) is 5.44. The lowest BCUT2D eigenvalue weighted by atomic mass is 10.00. The Morgan fingerprint density at radius 2 is 2.19 bits per heavy atom. The van der Waals surface area contributed by atoms with E-state index in [-0.39, 0.29) is 23.3 Å². The number of likely N-dealkylation sites (tertiary alicyclic amines) is 1. The SMILES string of the molecule is O=C(CCl)N1CC(Cn2cnc3cc(F)ccc3c2=O)C1. The molecule has 1 saturated heterocycles. The number of aromatic nitrogens is 2. The number of alkyl halides is 1. The predicted molar refractivity (Wildman–Crippen MR) is 76.8 cm³/mol. The van der Waals surface area contributed by atoms with Crippen LogP contribution in [0.1, 0.15) is 0 Å². The molecule has 2 aromatic rings. The molecule has 1 aromatic heterocycles. The van der Waals surface area contributed by atoms with E-state index in [0.29, 0.717) is 30.5 Å². The van der Waals surface area contributed by atoms with Gasteiger partial charge >= 0.3 is 0 Å². The van der Waals surface area contributed by atoms with Gasteiger partial charge in [-0.2, -0.15) is 0 Å². The van der Waals surface area contributed by atoms with Crippen molar-refractivity contribution < 1.29 is 9.18 Å². The molecule has 1 fully saturated rings. The van der Waals surface area contributed by atoms with Crippen molar-refractivity contribution in [2.24, 2.45) is 5.92 Å². The second-order valence-electron chi connectivity index (χ2n) is 5.16. The number of carbonyl (C=O) groups is 1. The van der Waals surface area contributed by atoms with E-state index in [1.807, 2.05) is 0 Å². The monoisotopic (exact) mass is 309 g/mol. The summed E-state index contributed by atoms with van der Waals surface area (Å²) in [6.07, 6.45) is 1.43. The molecule has 0 bridgehead atoms. The Labute approximate surface area is 124 Å². The van der Waals surface area contributed by atoms with E-state index in [9.17, 15) is 14.0 Å². The van der Waals surface area contributed by atoms with Crippen LogP contribution in [0.5, 0.6) is 0 Å². The first-order valence-electron chi connectivity index (χ1n) is 6.57. The van der Waals surface area contributed by atoms with Crippen LogP contribution in [0.2, 0.25) is 0 Å². The van der Waals surface area contributed by atoms with Crippen molar-refractivity contribution in [3.8, 4) is 0 Å². The van der Waals surface area contributed by atoms with E-state index in [1.165, 1.54) is 29.1 Å². The molecule has 21 heavy (non-hydrogen) atoms. The van der Waals surface area contributed by atoms with Gasteiger partial charge in [0, 0.05) is 31.6 Å². The van der Waals surface area contributed by atoms with Crippen LogP contribution in [-0.2, 0) is 11.3 Å². The second-order valence-corrected chi connectivity index (χ2v) is 5.43. The Morgan fingerprint density at radius 1 is 1.43 bits per heavy atom. The van der Waals surface area contributed by atoms with E-state index in [2.05, 4.69) is 4.98 Å². The van der Waals surface area contributed by atoms with E-state index in [1.54, 1.807) is 4.90 Å². The molecule has 1 amide bonds. The van der Waals surface area contributed by atoms with Crippen molar-refractivity contribution >= 4 is 28.4 Å². The average Bonchev–Trinajstić information content (AvgIpc) is 2.43. The zero-order valence-electron chi connectivity index (χ0n) is 11.1. The first kappa shape index (κ1) is 14.0. The van der Waals surface area contributed by atoms with Crippen LogP contribution in [0.4, 0.5) is 4.39 Å². The van der Waals surface area contributed by atoms with E-state index < -0.39 is 5.82 Å². The minimum Gasteiger partial charge on any atom is -0.341 e. The summed E-state index contributed by atoms with van der Waals surface area (Å²) < 4.78 is 14.6. The third-order valence-electron chi connectivity index (χ3n) is 3.67. The van der Waals surface area contributed by atoms with Gasteiger partial charge in [-0.05, 0) is 12.1 Å². The summed E-state index contributed by atoms with van der Waals surface area (Å²) in [5.41, 5.74) is 0.158. The van der Waals surface area contributed by atoms with Gasteiger partial charge in [0.25, 0.3) is 5.56 Å². The molecule has 0 atom stereocenters. The summed E-state index contributed by atoms with van der Waals surface area (Å²) >= 11 is 5.48. The van der Waals surface area contributed by atoms with Gasteiger partial charge in [0.05, 0.1) is 17.2 Å². The molecule has 0 aliphatic carbocycles. The van der Waals surface area contributed by atoms with Crippen LogP contribution in [0.15, 0.2) is 29.3 Å². The average molecular weight is 310 g/mol. The topological polar surface area (TPSA) is 55.2 Å². The molecular formula is C14H13ClFN3O2. The summed E-state index contributed by atoms with van der Waals surface area (Å²) in [7, 11) is 0. The number of nitrogens with zero attached hydrogens (tertiary/aromatic N) is 3. The number of hydrogen-bond acceptors (Lipinski definition) is 3. The van der Waals surface area contributed by atoms with Gasteiger partial charge in [-0.15, -0.1) is 11.6 Å². The van der Waals surface area contributed by atoms with Crippen LogP contribution >= 0.6 is 11.6 Å². The molecule has 0 unspecified atom stereocenters. The fraction of sp³-hybridized carbons (Fsp3) is 0.357. The smallest absolute Gasteiger partial charge is 0.261 e. The zero-order valence-corrected chi connectivity index (χ0v) is 11.9. The Kier molecular flexibility index (Phi) is 3.63. The number of benzene rings is 1. The molecule has 0 spiro atoms. The van der Waals surface area contributed by atoms with Crippen LogP contribution in [0.3, 0.4) is 0 Å². The highest BCUT2D eigenvalue weighted by Gasteiger charge is 2.30. The van der Waals surface area contributed by atoms with Crippen molar-refractivity contribution in [1.82, 2.24) is 14.5 Å². The molecule has 7 heteroatoms. The Morgan fingerprint density at radius 3 is 2.90 bits per heavy atom. The molecule has 0 N–H and O–H groups in total. The van der Waals surface area contributed by atoms with Crippen LogP contribution in [0, 0.1) is 11.7 Å². The molecule has 0 radical (unpaired) electrons. The lowest BCUT2D eigenvalue weighted by molar-refractivity contribution is -0.134. The van der Waals surface area contributed by atoms with Crippen LogP contribution in [0.25, 0.3) is 10.9 Å². The van der Waals surface area contributed by atoms with E-state index in [0.717, 1.165) is 0 Å². The van der Waals surface area contributed by atoms with Crippen molar-refractivity contribution in [2.75, 3.05) is 19.0 Å². The highest BCUT2D eigenvalue weighted by molar-refractivity contribution is 6.27. The Balaban J connectivity index is 1.77.